The number of rotatable bonds is 2. The van der Waals surface area contributed by atoms with Crippen LogP contribution in [-0.4, -0.2) is 9.55 Å². The lowest BCUT2D eigenvalue weighted by molar-refractivity contribution is 0.601. The Morgan fingerprint density at radius 2 is 2.19 bits per heavy atom. The van der Waals surface area contributed by atoms with Crippen molar-refractivity contribution in [3.05, 3.63) is 47.0 Å². The van der Waals surface area contributed by atoms with Crippen molar-refractivity contribution in [2.75, 3.05) is 5.73 Å². The first-order valence-corrected chi connectivity index (χ1v) is 4.76. The van der Waals surface area contributed by atoms with Crippen LogP contribution in [0.15, 0.2) is 30.6 Å². The van der Waals surface area contributed by atoms with Crippen molar-refractivity contribution in [1.29, 1.82) is 0 Å². The van der Waals surface area contributed by atoms with E-state index in [0.717, 1.165) is 0 Å². The van der Waals surface area contributed by atoms with Crippen LogP contribution in [-0.2, 0) is 6.54 Å². The van der Waals surface area contributed by atoms with E-state index in [4.69, 9.17) is 17.3 Å². The molecule has 86 valence electrons. The summed E-state index contributed by atoms with van der Waals surface area (Å²) in [7, 11) is 0. The molecule has 0 saturated carbocycles. The van der Waals surface area contributed by atoms with Gasteiger partial charge in [-0.3, -0.25) is 0 Å². The van der Waals surface area contributed by atoms with E-state index in [1.165, 1.54) is 6.07 Å². The number of nitrogens with zero attached hydrogens (tertiary/aromatic N) is 2. The van der Waals surface area contributed by atoms with Gasteiger partial charge in [-0.25, -0.2) is 9.37 Å². The van der Waals surface area contributed by atoms with E-state index in [1.54, 1.807) is 29.1 Å². The monoisotopic (exact) mass is 261 g/mol. The van der Waals surface area contributed by atoms with Gasteiger partial charge in [0.05, 0.1) is 11.6 Å². The highest BCUT2D eigenvalue weighted by atomic mass is 35.5. The Kier molecular flexibility index (Phi) is 4.15. The number of nitrogens with two attached hydrogens (primary N) is 1. The number of halogens is 3. The predicted molar refractivity (Wildman–Crippen MR) is 64.4 cm³/mol. The molecular weight excluding hydrogens is 252 g/mol. The number of hydrogen-bond acceptors (Lipinski definition) is 2. The topological polar surface area (TPSA) is 43.8 Å². The standard InChI is InChI=1S/C10H9ClFN3.ClH/c11-8-3-1-2-7(9(8)12)6-15-5-4-14-10(15)13;/h1-5H,6H2,(H2,13,14);1H. The van der Waals surface area contributed by atoms with Crippen LogP contribution in [0.4, 0.5) is 10.3 Å². The quantitative estimate of drug-likeness (QED) is 0.904. The van der Waals surface area contributed by atoms with Gasteiger partial charge in [0.2, 0.25) is 0 Å². The first kappa shape index (κ1) is 12.8. The lowest BCUT2D eigenvalue weighted by atomic mass is 10.2. The molecule has 3 nitrogen and oxygen atoms in total. The Balaban J connectivity index is 0.00000128. The van der Waals surface area contributed by atoms with E-state index in [2.05, 4.69) is 4.98 Å². The van der Waals surface area contributed by atoms with Gasteiger partial charge in [0, 0.05) is 18.0 Å². The summed E-state index contributed by atoms with van der Waals surface area (Å²) >= 11 is 5.66. The van der Waals surface area contributed by atoms with Crippen LogP contribution in [0.3, 0.4) is 0 Å². The fraction of sp³-hybridized carbons (Fsp3) is 0.100. The third-order valence-corrected chi connectivity index (χ3v) is 2.41. The lowest BCUT2D eigenvalue weighted by Gasteiger charge is -2.06. The van der Waals surface area contributed by atoms with Gasteiger partial charge >= 0.3 is 0 Å². The molecule has 2 N–H and O–H groups in total. The molecule has 0 aliphatic heterocycles. The van der Waals surface area contributed by atoms with Crippen molar-refractivity contribution in [3.63, 3.8) is 0 Å². The Morgan fingerprint density at radius 1 is 1.44 bits per heavy atom. The van der Waals surface area contributed by atoms with E-state index in [0.29, 0.717) is 18.1 Å². The van der Waals surface area contributed by atoms with Gasteiger partial charge in [-0.2, -0.15) is 0 Å². The molecule has 2 aromatic rings. The molecule has 1 heterocycles. The van der Waals surface area contributed by atoms with Gasteiger partial charge in [-0.1, -0.05) is 23.7 Å². The normalized spacial score (nSPS) is 9.88. The van der Waals surface area contributed by atoms with E-state index in [1.807, 2.05) is 0 Å². The van der Waals surface area contributed by atoms with Crippen LogP contribution < -0.4 is 5.73 Å². The average molecular weight is 262 g/mol. The van der Waals surface area contributed by atoms with Crippen LogP contribution in [0.1, 0.15) is 5.56 Å². The van der Waals surface area contributed by atoms with Crippen LogP contribution in [0.5, 0.6) is 0 Å². The Labute approximate surface area is 103 Å². The van der Waals surface area contributed by atoms with Crippen molar-refractivity contribution in [2.24, 2.45) is 0 Å². The van der Waals surface area contributed by atoms with Crippen LogP contribution in [0, 0.1) is 5.82 Å². The molecule has 0 unspecified atom stereocenters. The van der Waals surface area contributed by atoms with Crippen molar-refractivity contribution in [3.8, 4) is 0 Å². The zero-order valence-electron chi connectivity index (χ0n) is 8.23. The zero-order valence-corrected chi connectivity index (χ0v) is 9.80. The molecule has 0 bridgehead atoms. The van der Waals surface area contributed by atoms with Crippen molar-refractivity contribution in [1.82, 2.24) is 9.55 Å². The van der Waals surface area contributed by atoms with Gasteiger partial charge in [-0.15, -0.1) is 12.4 Å². The summed E-state index contributed by atoms with van der Waals surface area (Å²) in [6.45, 7) is 0.332. The van der Waals surface area contributed by atoms with Crippen molar-refractivity contribution < 1.29 is 4.39 Å². The first-order valence-electron chi connectivity index (χ1n) is 4.38. The second-order valence-electron chi connectivity index (χ2n) is 3.13. The van der Waals surface area contributed by atoms with Gasteiger partial charge in [-0.05, 0) is 6.07 Å². The molecule has 0 spiro atoms. The second kappa shape index (κ2) is 5.18. The minimum atomic E-state index is -0.410. The summed E-state index contributed by atoms with van der Waals surface area (Å²) in [6.07, 6.45) is 3.26. The molecule has 0 aliphatic carbocycles. The van der Waals surface area contributed by atoms with E-state index < -0.39 is 5.82 Å². The molecule has 2 rings (SSSR count). The van der Waals surface area contributed by atoms with E-state index >= 15 is 0 Å². The minimum Gasteiger partial charge on any atom is -0.369 e. The van der Waals surface area contributed by atoms with E-state index in [9.17, 15) is 4.39 Å². The Bertz CT molecular complexity index is 485. The van der Waals surface area contributed by atoms with Crippen LogP contribution in [0.2, 0.25) is 5.02 Å². The van der Waals surface area contributed by atoms with Crippen molar-refractivity contribution in [2.45, 2.75) is 6.54 Å². The number of imidazole rings is 1. The molecule has 0 fully saturated rings. The number of nitrogen functional groups attached to an aromatic ring is 1. The molecular formula is C10H10Cl2FN3. The molecule has 0 atom stereocenters. The maximum Gasteiger partial charge on any atom is 0.200 e. The highest BCUT2D eigenvalue weighted by Crippen LogP contribution is 2.19. The summed E-state index contributed by atoms with van der Waals surface area (Å²) < 4.78 is 15.2. The molecule has 16 heavy (non-hydrogen) atoms. The third kappa shape index (κ3) is 2.46. The maximum atomic E-state index is 13.5. The van der Waals surface area contributed by atoms with Crippen molar-refractivity contribution >= 4 is 30.0 Å². The third-order valence-electron chi connectivity index (χ3n) is 2.12. The summed E-state index contributed by atoms with van der Waals surface area (Å²) in [5.41, 5.74) is 6.07. The largest absolute Gasteiger partial charge is 0.369 e. The fourth-order valence-corrected chi connectivity index (χ4v) is 1.52. The van der Waals surface area contributed by atoms with E-state index in [-0.39, 0.29) is 17.4 Å². The summed E-state index contributed by atoms with van der Waals surface area (Å²) in [5, 5.41) is 0.117. The molecule has 0 amide bonds. The highest BCUT2D eigenvalue weighted by molar-refractivity contribution is 6.30. The molecule has 0 aliphatic rings. The minimum absolute atomic E-state index is 0. The van der Waals surface area contributed by atoms with Gasteiger partial charge in [0.1, 0.15) is 5.82 Å². The summed E-state index contributed by atoms with van der Waals surface area (Å²) in [6, 6.07) is 4.88. The lowest BCUT2D eigenvalue weighted by Crippen LogP contribution is -2.05. The molecule has 0 radical (unpaired) electrons. The zero-order chi connectivity index (χ0) is 10.8. The Morgan fingerprint density at radius 3 is 2.81 bits per heavy atom. The fourth-order valence-electron chi connectivity index (χ4n) is 1.33. The van der Waals surface area contributed by atoms with Crippen LogP contribution >= 0.6 is 24.0 Å². The van der Waals surface area contributed by atoms with Gasteiger partial charge < -0.3 is 10.3 Å². The maximum absolute atomic E-state index is 13.5. The molecule has 0 saturated heterocycles. The Hall–Kier alpha value is -1.26. The molecule has 6 heteroatoms. The summed E-state index contributed by atoms with van der Waals surface area (Å²) in [4.78, 5) is 3.85. The molecule has 1 aromatic carbocycles. The predicted octanol–water partition coefficient (Wildman–Crippen LogP) is 2.73. The second-order valence-corrected chi connectivity index (χ2v) is 3.53. The number of aromatic nitrogens is 2. The average Bonchev–Trinajstić information content (AvgIpc) is 2.60. The van der Waals surface area contributed by atoms with Gasteiger partial charge in [0.15, 0.2) is 5.95 Å². The summed E-state index contributed by atoms with van der Waals surface area (Å²) in [5.74, 6) is -0.0540. The first-order chi connectivity index (χ1) is 7.18. The number of anilines is 1. The van der Waals surface area contributed by atoms with Crippen LogP contribution in [0.25, 0.3) is 0 Å². The van der Waals surface area contributed by atoms with Gasteiger partial charge in [0.25, 0.3) is 0 Å². The SMILES string of the molecule is Cl.Nc1nccn1Cc1cccc(Cl)c1F. The highest BCUT2D eigenvalue weighted by Gasteiger charge is 2.07. The number of benzene rings is 1. The smallest absolute Gasteiger partial charge is 0.200 e. The molecule has 1 aromatic heterocycles. The number of hydrogen-bond donors (Lipinski definition) is 1.